The van der Waals surface area contributed by atoms with Gasteiger partial charge in [-0.05, 0) is 6.42 Å². The van der Waals surface area contributed by atoms with Crippen LogP contribution >= 0.6 is 0 Å². The Morgan fingerprint density at radius 2 is 2.06 bits per heavy atom. The fourth-order valence-electron chi connectivity index (χ4n) is 2.63. The lowest BCUT2D eigenvalue weighted by Gasteiger charge is -2.33. The number of alkyl halides is 3. The van der Waals surface area contributed by atoms with Gasteiger partial charge in [-0.1, -0.05) is 0 Å². The van der Waals surface area contributed by atoms with Crippen molar-refractivity contribution in [1.82, 2.24) is 4.90 Å². The van der Waals surface area contributed by atoms with Crippen molar-refractivity contribution in [2.24, 2.45) is 11.3 Å². The van der Waals surface area contributed by atoms with Crippen LogP contribution in [0.25, 0.3) is 0 Å². The van der Waals surface area contributed by atoms with E-state index in [1.165, 1.54) is 0 Å². The molecule has 8 heteroatoms. The van der Waals surface area contributed by atoms with Crippen LogP contribution in [0.1, 0.15) is 6.42 Å². The molecule has 2 atom stereocenters. The third-order valence-electron chi connectivity index (χ3n) is 3.66. The average molecular weight is 267 g/mol. The molecule has 2 saturated heterocycles. The maximum atomic E-state index is 12.3. The van der Waals surface area contributed by atoms with Crippen LogP contribution in [0, 0.1) is 11.3 Å². The predicted octanol–water partition coefficient (Wildman–Crippen LogP) is 0.498. The number of carbonyl (C=O) groups is 2. The van der Waals surface area contributed by atoms with Gasteiger partial charge in [0.05, 0.1) is 12.0 Å². The van der Waals surface area contributed by atoms with Crippen LogP contribution in [0.5, 0.6) is 0 Å². The quantitative estimate of drug-likeness (QED) is 0.751. The minimum atomic E-state index is -4.96. The van der Waals surface area contributed by atoms with Gasteiger partial charge in [-0.15, -0.1) is 0 Å². The highest BCUT2D eigenvalue weighted by atomic mass is 19.4. The van der Waals surface area contributed by atoms with E-state index in [-0.39, 0.29) is 26.2 Å². The molecule has 2 unspecified atom stereocenters. The topological polar surface area (TPSA) is 66.8 Å². The Bertz CT molecular complexity index is 384. The first kappa shape index (κ1) is 13.1. The summed E-state index contributed by atoms with van der Waals surface area (Å²) in [5, 5.41) is 9.23. The molecule has 0 aromatic carbocycles. The van der Waals surface area contributed by atoms with Crippen LogP contribution in [-0.2, 0) is 14.3 Å². The highest BCUT2D eigenvalue weighted by molar-refractivity contribution is 5.84. The number of halogens is 3. The number of hydrogen-bond acceptors (Lipinski definition) is 3. The fourth-order valence-corrected chi connectivity index (χ4v) is 2.63. The maximum absolute atomic E-state index is 12.3. The normalized spacial score (nSPS) is 32.2. The van der Waals surface area contributed by atoms with Gasteiger partial charge in [-0.25, -0.2) is 0 Å². The zero-order valence-electron chi connectivity index (χ0n) is 9.37. The molecule has 2 rings (SSSR count). The number of carbonyl (C=O) groups excluding carboxylic acids is 1. The fraction of sp³-hybridized carbons (Fsp3) is 0.800. The van der Waals surface area contributed by atoms with Crippen LogP contribution in [0.4, 0.5) is 13.2 Å². The molecule has 2 heterocycles. The first-order chi connectivity index (χ1) is 8.27. The zero-order valence-corrected chi connectivity index (χ0v) is 9.37. The van der Waals surface area contributed by atoms with E-state index < -0.39 is 35.9 Å². The van der Waals surface area contributed by atoms with E-state index in [1.807, 2.05) is 0 Å². The van der Waals surface area contributed by atoms with E-state index in [2.05, 4.69) is 0 Å². The van der Waals surface area contributed by atoms with Crippen LogP contribution in [-0.4, -0.2) is 54.4 Å². The Kier molecular flexibility index (Phi) is 3.00. The van der Waals surface area contributed by atoms with E-state index in [0.29, 0.717) is 4.90 Å². The molecular formula is C10H12F3NO4. The molecule has 0 aromatic rings. The predicted molar refractivity (Wildman–Crippen MR) is 51.6 cm³/mol. The SMILES string of the molecule is O=C(N1CC2COCCC2(C(=O)O)C1)C(F)(F)F. The van der Waals surface area contributed by atoms with Crippen LogP contribution in [0.15, 0.2) is 0 Å². The first-order valence-electron chi connectivity index (χ1n) is 5.44. The van der Waals surface area contributed by atoms with E-state index >= 15 is 0 Å². The van der Waals surface area contributed by atoms with Crippen LogP contribution in [0.3, 0.4) is 0 Å². The number of fused-ring (bicyclic) bond motifs is 1. The number of hydrogen-bond donors (Lipinski definition) is 1. The molecule has 0 saturated carbocycles. The van der Waals surface area contributed by atoms with Crippen molar-refractivity contribution < 1.29 is 32.6 Å². The molecule has 2 fully saturated rings. The summed E-state index contributed by atoms with van der Waals surface area (Å²) in [6.45, 7) is -0.343. The minimum absolute atomic E-state index is 0.0773. The Labute approximate surface area is 100 Å². The lowest BCUT2D eigenvalue weighted by molar-refractivity contribution is -0.185. The van der Waals surface area contributed by atoms with E-state index in [1.54, 1.807) is 0 Å². The molecule has 0 bridgehead atoms. The molecule has 0 aliphatic carbocycles. The smallest absolute Gasteiger partial charge is 0.471 e. The summed E-state index contributed by atoms with van der Waals surface area (Å²) in [5.41, 5.74) is -1.29. The second-order valence-corrected chi connectivity index (χ2v) is 4.67. The zero-order chi connectivity index (χ0) is 13.6. The van der Waals surface area contributed by atoms with Crippen molar-refractivity contribution in [1.29, 1.82) is 0 Å². The number of carboxylic acid groups (broad SMARTS) is 1. The van der Waals surface area contributed by atoms with Crippen LogP contribution in [0.2, 0.25) is 0 Å². The lowest BCUT2D eigenvalue weighted by Crippen LogP contribution is -2.45. The third-order valence-corrected chi connectivity index (χ3v) is 3.66. The molecule has 18 heavy (non-hydrogen) atoms. The van der Waals surface area contributed by atoms with Crippen molar-refractivity contribution >= 4 is 11.9 Å². The molecule has 2 aliphatic rings. The number of aliphatic carboxylic acids is 1. The molecule has 0 radical (unpaired) electrons. The second kappa shape index (κ2) is 4.11. The first-order valence-corrected chi connectivity index (χ1v) is 5.44. The number of carboxylic acids is 1. The van der Waals surface area contributed by atoms with Gasteiger partial charge in [-0.2, -0.15) is 13.2 Å². The summed E-state index contributed by atoms with van der Waals surface area (Å²) in [6, 6.07) is 0. The van der Waals surface area contributed by atoms with E-state index in [0.717, 1.165) is 0 Å². The maximum Gasteiger partial charge on any atom is 0.471 e. The molecule has 0 spiro atoms. The van der Waals surface area contributed by atoms with Gasteiger partial charge in [0.15, 0.2) is 0 Å². The lowest BCUT2D eigenvalue weighted by atomic mass is 9.74. The molecule has 102 valence electrons. The summed E-state index contributed by atoms with van der Waals surface area (Å²) < 4.78 is 42.1. The van der Waals surface area contributed by atoms with Crippen LogP contribution < -0.4 is 0 Å². The summed E-state index contributed by atoms with van der Waals surface area (Å²) >= 11 is 0. The van der Waals surface area contributed by atoms with Gasteiger partial charge < -0.3 is 14.7 Å². The van der Waals surface area contributed by atoms with Gasteiger partial charge in [0, 0.05) is 25.6 Å². The largest absolute Gasteiger partial charge is 0.481 e. The van der Waals surface area contributed by atoms with Crippen molar-refractivity contribution in [2.45, 2.75) is 12.6 Å². The van der Waals surface area contributed by atoms with Gasteiger partial charge >= 0.3 is 18.1 Å². The highest BCUT2D eigenvalue weighted by Crippen LogP contribution is 2.43. The molecule has 2 aliphatic heterocycles. The molecule has 0 aromatic heterocycles. The monoisotopic (exact) mass is 267 g/mol. The number of likely N-dealkylation sites (tertiary alicyclic amines) is 1. The Hall–Kier alpha value is -1.31. The number of amides is 1. The average Bonchev–Trinajstić information content (AvgIpc) is 2.67. The number of rotatable bonds is 1. The van der Waals surface area contributed by atoms with Gasteiger partial charge in [-0.3, -0.25) is 9.59 Å². The summed E-state index contributed by atoms with van der Waals surface area (Å²) in [5.74, 6) is -3.71. The van der Waals surface area contributed by atoms with Gasteiger partial charge in [0.2, 0.25) is 0 Å². The van der Waals surface area contributed by atoms with Crippen molar-refractivity contribution in [3.05, 3.63) is 0 Å². The van der Waals surface area contributed by atoms with Crippen molar-refractivity contribution in [3.63, 3.8) is 0 Å². The van der Waals surface area contributed by atoms with Crippen molar-refractivity contribution in [2.75, 3.05) is 26.3 Å². The Morgan fingerprint density at radius 3 is 2.56 bits per heavy atom. The van der Waals surface area contributed by atoms with E-state index in [4.69, 9.17) is 4.74 Å². The molecule has 5 nitrogen and oxygen atoms in total. The molecule has 1 amide bonds. The summed E-state index contributed by atoms with van der Waals surface area (Å²) in [4.78, 5) is 23.0. The molecule has 1 N–H and O–H groups in total. The minimum Gasteiger partial charge on any atom is -0.481 e. The molecular weight excluding hydrogens is 255 g/mol. The van der Waals surface area contributed by atoms with Gasteiger partial charge in [0.1, 0.15) is 0 Å². The van der Waals surface area contributed by atoms with Crippen molar-refractivity contribution in [3.8, 4) is 0 Å². The Balaban J connectivity index is 2.22. The summed E-state index contributed by atoms with van der Waals surface area (Å²) in [7, 11) is 0. The third kappa shape index (κ3) is 1.94. The highest BCUT2D eigenvalue weighted by Gasteiger charge is 2.57. The van der Waals surface area contributed by atoms with Gasteiger partial charge in [0.25, 0.3) is 0 Å². The number of nitrogens with zero attached hydrogens (tertiary/aromatic N) is 1. The Morgan fingerprint density at radius 1 is 1.39 bits per heavy atom. The second-order valence-electron chi connectivity index (χ2n) is 4.67. The standard InChI is InChI=1S/C10H12F3NO4/c11-10(12,13)7(15)14-3-6-4-18-2-1-9(6,5-14)8(16)17/h6H,1-5H2,(H,16,17). The summed E-state index contributed by atoms with van der Waals surface area (Å²) in [6.07, 6.45) is -4.83. The van der Waals surface area contributed by atoms with E-state index in [9.17, 15) is 27.9 Å². The number of ether oxygens (including phenoxy) is 1.